The van der Waals surface area contributed by atoms with E-state index in [4.69, 9.17) is 18.9 Å². The Morgan fingerprint density at radius 3 is 2.32 bits per heavy atom. The van der Waals surface area contributed by atoms with Crippen molar-refractivity contribution in [2.24, 2.45) is 0 Å². The van der Waals surface area contributed by atoms with Gasteiger partial charge in [0.15, 0.2) is 0 Å². The van der Waals surface area contributed by atoms with Gasteiger partial charge in [-0.05, 0) is 29.8 Å². The number of methoxy groups -OCH3 is 2. The summed E-state index contributed by atoms with van der Waals surface area (Å²) in [5.74, 6) is -1.71. The molecule has 0 fully saturated rings. The molecule has 1 unspecified atom stereocenters. The minimum absolute atomic E-state index is 0.279. The normalized spacial score (nSPS) is 20.8. The summed E-state index contributed by atoms with van der Waals surface area (Å²) < 4.78 is 21.4. The van der Waals surface area contributed by atoms with E-state index < -0.39 is 17.5 Å². The van der Waals surface area contributed by atoms with Gasteiger partial charge in [0.25, 0.3) is 5.78 Å². The standard InChI is InChI=1S/C19H14O6/c1-22-12-7-11(8-13(9-12)23-2)15-10-24-19(17(15)20)16-6-4-3-5-14(16)18(21)25-19/h3-10H,1-2H3. The lowest BCUT2D eigenvalue weighted by molar-refractivity contribution is -0.173. The molecule has 25 heavy (non-hydrogen) atoms. The Hall–Kier alpha value is -3.28. The molecule has 1 atom stereocenters. The van der Waals surface area contributed by atoms with Gasteiger partial charge in [-0.2, -0.15) is 0 Å². The Kier molecular flexibility index (Phi) is 3.28. The van der Waals surface area contributed by atoms with E-state index in [1.807, 2.05) is 0 Å². The molecule has 6 heteroatoms. The van der Waals surface area contributed by atoms with Gasteiger partial charge in [-0.25, -0.2) is 4.79 Å². The summed E-state index contributed by atoms with van der Waals surface area (Å²) >= 11 is 0. The molecule has 4 rings (SSSR count). The Bertz CT molecular complexity index is 907. The number of rotatable bonds is 3. The highest BCUT2D eigenvalue weighted by molar-refractivity contribution is 6.27. The van der Waals surface area contributed by atoms with Crippen molar-refractivity contribution < 1.29 is 28.5 Å². The number of carbonyl (C=O) groups is 2. The minimum Gasteiger partial charge on any atom is -0.497 e. The highest BCUT2D eigenvalue weighted by Crippen LogP contribution is 2.46. The van der Waals surface area contributed by atoms with Gasteiger partial charge in [-0.1, -0.05) is 12.1 Å². The Morgan fingerprint density at radius 1 is 0.960 bits per heavy atom. The molecule has 0 aliphatic carbocycles. The van der Waals surface area contributed by atoms with Crippen LogP contribution >= 0.6 is 0 Å². The van der Waals surface area contributed by atoms with E-state index in [1.54, 1.807) is 42.5 Å². The van der Waals surface area contributed by atoms with Gasteiger partial charge in [-0.3, -0.25) is 4.79 Å². The fourth-order valence-corrected chi connectivity index (χ4v) is 3.03. The van der Waals surface area contributed by atoms with Crippen molar-refractivity contribution in [3.63, 3.8) is 0 Å². The van der Waals surface area contributed by atoms with Gasteiger partial charge in [0.1, 0.15) is 17.8 Å². The van der Waals surface area contributed by atoms with Crippen LogP contribution in [0, 0.1) is 0 Å². The van der Waals surface area contributed by atoms with E-state index in [-0.39, 0.29) is 5.57 Å². The van der Waals surface area contributed by atoms with Crippen LogP contribution in [0.2, 0.25) is 0 Å². The van der Waals surface area contributed by atoms with Crippen molar-refractivity contribution in [2.45, 2.75) is 5.79 Å². The highest BCUT2D eigenvalue weighted by Gasteiger charge is 2.57. The molecule has 0 saturated heterocycles. The molecule has 0 N–H and O–H groups in total. The Balaban J connectivity index is 1.78. The predicted molar refractivity (Wildman–Crippen MR) is 87.2 cm³/mol. The number of esters is 1. The van der Waals surface area contributed by atoms with Crippen LogP contribution in [0.4, 0.5) is 0 Å². The number of ether oxygens (including phenoxy) is 4. The van der Waals surface area contributed by atoms with E-state index in [2.05, 4.69) is 0 Å². The lowest BCUT2D eigenvalue weighted by atomic mass is 9.93. The highest BCUT2D eigenvalue weighted by atomic mass is 16.7. The quantitative estimate of drug-likeness (QED) is 0.801. The topological polar surface area (TPSA) is 71.1 Å². The molecule has 2 heterocycles. The number of hydrogen-bond acceptors (Lipinski definition) is 6. The first kappa shape index (κ1) is 15.3. The fraction of sp³-hybridized carbons (Fsp3) is 0.158. The molecule has 0 aromatic heterocycles. The van der Waals surface area contributed by atoms with Gasteiger partial charge in [-0.15, -0.1) is 0 Å². The van der Waals surface area contributed by atoms with Crippen LogP contribution in [0.1, 0.15) is 21.5 Å². The van der Waals surface area contributed by atoms with Gasteiger partial charge in [0.2, 0.25) is 0 Å². The molecular weight excluding hydrogens is 324 g/mol. The number of hydrogen-bond donors (Lipinski definition) is 0. The molecule has 126 valence electrons. The van der Waals surface area contributed by atoms with E-state index in [0.29, 0.717) is 28.2 Å². The van der Waals surface area contributed by atoms with Crippen LogP contribution in [-0.4, -0.2) is 26.0 Å². The van der Waals surface area contributed by atoms with Crippen LogP contribution in [-0.2, 0) is 20.1 Å². The van der Waals surface area contributed by atoms with Crippen LogP contribution in [0.25, 0.3) is 5.57 Å². The summed E-state index contributed by atoms with van der Waals surface area (Å²) in [6.45, 7) is 0. The second-order valence-electron chi connectivity index (χ2n) is 5.63. The molecule has 1 spiro atoms. The smallest absolute Gasteiger partial charge is 0.347 e. The Morgan fingerprint density at radius 2 is 1.64 bits per heavy atom. The molecule has 0 radical (unpaired) electrons. The second-order valence-corrected chi connectivity index (χ2v) is 5.63. The third kappa shape index (κ3) is 2.11. The molecule has 0 saturated carbocycles. The maximum Gasteiger partial charge on any atom is 0.347 e. The van der Waals surface area contributed by atoms with Gasteiger partial charge in [0.05, 0.1) is 30.9 Å². The van der Waals surface area contributed by atoms with Gasteiger partial charge in [0, 0.05) is 6.07 Å². The van der Waals surface area contributed by atoms with E-state index >= 15 is 0 Å². The molecule has 2 aromatic rings. The van der Waals surface area contributed by atoms with E-state index in [0.717, 1.165) is 0 Å². The number of benzene rings is 2. The summed E-state index contributed by atoms with van der Waals surface area (Å²) in [5.41, 5.74) is 1.57. The largest absolute Gasteiger partial charge is 0.497 e. The first-order valence-electron chi connectivity index (χ1n) is 7.58. The van der Waals surface area contributed by atoms with Gasteiger partial charge < -0.3 is 18.9 Å². The third-order valence-electron chi connectivity index (χ3n) is 4.29. The zero-order valence-corrected chi connectivity index (χ0v) is 13.6. The van der Waals surface area contributed by atoms with Crippen molar-refractivity contribution in [3.8, 4) is 11.5 Å². The zero-order chi connectivity index (χ0) is 17.6. The van der Waals surface area contributed by atoms with E-state index in [9.17, 15) is 9.59 Å². The first-order chi connectivity index (χ1) is 12.1. The number of Topliss-reactive ketones (excluding diaryl/α,β-unsaturated/α-hetero) is 1. The monoisotopic (exact) mass is 338 g/mol. The SMILES string of the molecule is COc1cc(OC)cc(C2=COC3(OC(=O)c4ccccc43)C2=O)c1. The summed E-state index contributed by atoms with van der Waals surface area (Å²) in [4.78, 5) is 25.2. The number of ketones is 1. The lowest BCUT2D eigenvalue weighted by Crippen LogP contribution is -2.34. The summed E-state index contributed by atoms with van der Waals surface area (Å²) in [6.07, 6.45) is 1.31. The number of carbonyl (C=O) groups excluding carboxylic acids is 2. The van der Waals surface area contributed by atoms with Crippen LogP contribution < -0.4 is 9.47 Å². The molecule has 0 bridgehead atoms. The average Bonchev–Trinajstić information content (AvgIpc) is 3.13. The summed E-state index contributed by atoms with van der Waals surface area (Å²) in [6, 6.07) is 11.8. The maximum atomic E-state index is 13.1. The molecule has 6 nitrogen and oxygen atoms in total. The van der Waals surface area contributed by atoms with Crippen molar-refractivity contribution >= 4 is 17.3 Å². The maximum absolute atomic E-state index is 13.1. The zero-order valence-electron chi connectivity index (χ0n) is 13.6. The molecular formula is C19H14O6. The van der Waals surface area contributed by atoms with Crippen molar-refractivity contribution in [1.29, 1.82) is 0 Å². The third-order valence-corrected chi connectivity index (χ3v) is 4.29. The van der Waals surface area contributed by atoms with Crippen molar-refractivity contribution in [1.82, 2.24) is 0 Å². The fourth-order valence-electron chi connectivity index (χ4n) is 3.03. The predicted octanol–water partition coefficient (Wildman–Crippen LogP) is 2.67. The average molecular weight is 338 g/mol. The lowest BCUT2D eigenvalue weighted by Gasteiger charge is -2.21. The first-order valence-corrected chi connectivity index (χ1v) is 7.58. The molecule has 2 aromatic carbocycles. The summed E-state index contributed by atoms with van der Waals surface area (Å²) in [7, 11) is 3.05. The van der Waals surface area contributed by atoms with Crippen LogP contribution in [0.3, 0.4) is 0 Å². The second kappa shape index (κ2) is 5.37. The van der Waals surface area contributed by atoms with Crippen LogP contribution in [0.15, 0.2) is 48.7 Å². The molecule has 2 aliphatic heterocycles. The van der Waals surface area contributed by atoms with Crippen LogP contribution in [0.5, 0.6) is 11.5 Å². The minimum atomic E-state index is -1.75. The van der Waals surface area contributed by atoms with Gasteiger partial charge >= 0.3 is 11.8 Å². The van der Waals surface area contributed by atoms with Crippen molar-refractivity contribution in [3.05, 3.63) is 65.4 Å². The Labute approximate surface area is 143 Å². The molecule has 2 aliphatic rings. The molecule has 0 amide bonds. The van der Waals surface area contributed by atoms with E-state index in [1.165, 1.54) is 20.5 Å². The number of fused-ring (bicyclic) bond motifs is 2. The summed E-state index contributed by atoms with van der Waals surface area (Å²) in [5, 5.41) is 0. The van der Waals surface area contributed by atoms with Crippen molar-refractivity contribution in [2.75, 3.05) is 14.2 Å².